The number of unbranched alkanes of at least 4 members (excludes halogenated alkanes) is 21. The molecular weight excluding hydrogens is 805 g/mol. The molecule has 0 heterocycles. The van der Waals surface area contributed by atoms with Gasteiger partial charge in [-0.1, -0.05) is 220 Å². The Bertz CT molecular complexity index is 1360. The minimum atomic E-state index is -0.801. The Morgan fingerprint density at radius 3 is 1.12 bits per heavy atom. The second-order valence-electron chi connectivity index (χ2n) is 17.2. The molecule has 0 saturated carbocycles. The summed E-state index contributed by atoms with van der Waals surface area (Å²) >= 11 is 0. The van der Waals surface area contributed by atoms with Gasteiger partial charge in [0.05, 0.1) is 0 Å². The number of carbonyl (C=O) groups is 3. The molecule has 0 aliphatic rings. The molecule has 368 valence electrons. The Hall–Kier alpha value is -3.93. The van der Waals surface area contributed by atoms with Crippen molar-refractivity contribution in [2.24, 2.45) is 0 Å². The van der Waals surface area contributed by atoms with Crippen molar-refractivity contribution in [3.63, 3.8) is 0 Å². The Morgan fingerprint density at radius 2 is 0.692 bits per heavy atom. The molecule has 1 atom stereocenters. The smallest absolute Gasteiger partial charge is 0.306 e. The van der Waals surface area contributed by atoms with Gasteiger partial charge in [0.25, 0.3) is 0 Å². The Balaban J connectivity index is 4.47. The molecule has 0 aromatic rings. The fourth-order valence-corrected chi connectivity index (χ4v) is 6.89. The number of ether oxygens (including phenoxy) is 3. The van der Waals surface area contributed by atoms with E-state index in [2.05, 4.69) is 106 Å². The van der Waals surface area contributed by atoms with Crippen LogP contribution >= 0.6 is 0 Å². The lowest BCUT2D eigenvalue weighted by molar-refractivity contribution is -0.167. The molecule has 0 aliphatic carbocycles. The molecule has 0 spiro atoms. The quantitative estimate of drug-likeness (QED) is 0.0199. The number of hydrogen-bond acceptors (Lipinski definition) is 6. The number of hydrogen-bond donors (Lipinski definition) is 0. The summed E-state index contributed by atoms with van der Waals surface area (Å²) in [6, 6.07) is 0. The van der Waals surface area contributed by atoms with Crippen molar-refractivity contribution >= 4 is 17.9 Å². The van der Waals surface area contributed by atoms with E-state index in [9.17, 15) is 14.4 Å². The average Bonchev–Trinajstić information content (AvgIpc) is 3.30. The molecule has 1 unspecified atom stereocenters. The van der Waals surface area contributed by atoms with E-state index in [1.807, 2.05) is 24.3 Å². The van der Waals surface area contributed by atoms with E-state index >= 15 is 0 Å². The Labute approximate surface area is 400 Å². The van der Waals surface area contributed by atoms with Gasteiger partial charge in [-0.15, -0.1) is 0 Å². The molecule has 0 aromatic carbocycles. The van der Waals surface area contributed by atoms with Crippen LogP contribution in [0.15, 0.2) is 109 Å². The first-order chi connectivity index (χ1) is 32.0. The van der Waals surface area contributed by atoms with Crippen molar-refractivity contribution in [3.05, 3.63) is 109 Å². The van der Waals surface area contributed by atoms with Gasteiger partial charge in [0, 0.05) is 19.3 Å². The molecule has 0 bridgehead atoms. The van der Waals surface area contributed by atoms with Gasteiger partial charge in [-0.2, -0.15) is 0 Å². The zero-order chi connectivity index (χ0) is 47.2. The van der Waals surface area contributed by atoms with Crippen LogP contribution in [0.1, 0.15) is 226 Å². The summed E-state index contributed by atoms with van der Waals surface area (Å²) in [5, 5.41) is 0. The van der Waals surface area contributed by atoms with Crippen LogP contribution in [0.2, 0.25) is 0 Å². The summed E-state index contributed by atoms with van der Waals surface area (Å²) in [6.07, 6.45) is 70.6. The molecule has 65 heavy (non-hydrogen) atoms. The molecular formula is C59H96O6. The predicted molar refractivity (Wildman–Crippen MR) is 279 cm³/mol. The van der Waals surface area contributed by atoms with Crippen LogP contribution in [-0.2, 0) is 28.6 Å². The molecule has 0 amide bonds. The topological polar surface area (TPSA) is 78.9 Å². The van der Waals surface area contributed by atoms with E-state index in [4.69, 9.17) is 14.2 Å². The lowest BCUT2D eigenvalue weighted by Crippen LogP contribution is -2.30. The van der Waals surface area contributed by atoms with Gasteiger partial charge < -0.3 is 14.2 Å². The third kappa shape index (κ3) is 50.9. The highest BCUT2D eigenvalue weighted by Gasteiger charge is 2.19. The van der Waals surface area contributed by atoms with Crippen molar-refractivity contribution in [3.8, 4) is 0 Å². The highest BCUT2D eigenvalue weighted by molar-refractivity contribution is 5.71. The van der Waals surface area contributed by atoms with Crippen molar-refractivity contribution in [2.45, 2.75) is 232 Å². The predicted octanol–water partition coefficient (Wildman–Crippen LogP) is 17.5. The normalized spacial score (nSPS) is 13.0. The third-order valence-corrected chi connectivity index (χ3v) is 10.8. The van der Waals surface area contributed by atoms with Crippen LogP contribution < -0.4 is 0 Å². The maximum absolute atomic E-state index is 12.8. The van der Waals surface area contributed by atoms with Crippen LogP contribution in [-0.4, -0.2) is 37.2 Å². The Kier molecular flexibility index (Phi) is 49.5. The lowest BCUT2D eigenvalue weighted by Gasteiger charge is -2.18. The van der Waals surface area contributed by atoms with Crippen molar-refractivity contribution in [1.82, 2.24) is 0 Å². The summed E-state index contributed by atoms with van der Waals surface area (Å²) in [5.41, 5.74) is 0. The van der Waals surface area contributed by atoms with E-state index in [1.165, 1.54) is 57.8 Å². The first kappa shape index (κ1) is 61.1. The van der Waals surface area contributed by atoms with E-state index < -0.39 is 6.10 Å². The van der Waals surface area contributed by atoms with Crippen LogP contribution in [0.25, 0.3) is 0 Å². The maximum atomic E-state index is 12.8. The minimum Gasteiger partial charge on any atom is -0.462 e. The van der Waals surface area contributed by atoms with E-state index in [1.54, 1.807) is 0 Å². The van der Waals surface area contributed by atoms with Crippen LogP contribution in [0.4, 0.5) is 0 Å². The van der Waals surface area contributed by atoms with Gasteiger partial charge in [0.15, 0.2) is 6.10 Å². The van der Waals surface area contributed by atoms with Gasteiger partial charge in [0.1, 0.15) is 13.2 Å². The largest absolute Gasteiger partial charge is 0.462 e. The molecule has 0 aliphatic heterocycles. The average molecular weight is 901 g/mol. The molecule has 0 saturated heterocycles. The SMILES string of the molecule is CC/C=C\C/C=C\CCCCCCCC(=O)OCC(COC(=O)CCCCCCC\C=C/C=C\C=C/C=C\C=C/CCC)OC(=O)CCCCCCCCC/C=C\C/C=C\CCCCC. The monoisotopic (exact) mass is 901 g/mol. The van der Waals surface area contributed by atoms with Crippen molar-refractivity contribution in [1.29, 1.82) is 0 Å². The second kappa shape index (κ2) is 52.7. The summed E-state index contributed by atoms with van der Waals surface area (Å²) in [4.78, 5) is 38.0. The molecule has 0 fully saturated rings. The van der Waals surface area contributed by atoms with Crippen LogP contribution in [0, 0.1) is 0 Å². The number of esters is 3. The van der Waals surface area contributed by atoms with Gasteiger partial charge in [-0.05, 0) is 96.3 Å². The summed E-state index contributed by atoms with van der Waals surface area (Å²) in [6.45, 7) is 6.36. The number of carbonyl (C=O) groups excluding carboxylic acids is 3. The second-order valence-corrected chi connectivity index (χ2v) is 17.2. The number of rotatable bonds is 46. The van der Waals surface area contributed by atoms with E-state index in [-0.39, 0.29) is 31.1 Å². The molecule has 0 N–H and O–H groups in total. The van der Waals surface area contributed by atoms with Crippen LogP contribution in [0.5, 0.6) is 0 Å². The van der Waals surface area contributed by atoms with Crippen LogP contribution in [0.3, 0.4) is 0 Å². The third-order valence-electron chi connectivity index (χ3n) is 10.8. The fourth-order valence-electron chi connectivity index (χ4n) is 6.89. The summed E-state index contributed by atoms with van der Waals surface area (Å²) in [5.74, 6) is -0.950. The van der Waals surface area contributed by atoms with Gasteiger partial charge in [-0.3, -0.25) is 14.4 Å². The number of allylic oxidation sites excluding steroid dienone is 18. The molecule has 0 rings (SSSR count). The van der Waals surface area contributed by atoms with Gasteiger partial charge >= 0.3 is 17.9 Å². The molecule has 6 nitrogen and oxygen atoms in total. The standard InChI is InChI=1S/C59H96O6/c1-4-7-10-13-16-19-22-25-27-29-31-32-34-37-40-43-46-49-52-58(61)64-55-56(54-63-57(60)51-48-45-42-39-36-24-21-18-15-12-9-6-3)65-59(62)53-50-47-44-41-38-35-33-30-28-26-23-20-17-14-11-8-5-2/h9-10,12-13,16-22,25-29,31-32,56H,4-8,11,14-15,23-24,30,33-55H2,1-3H3/b12-9-,13-10-,19-16-,20-17-,21-18-,25-22-,28-26-,29-27-,32-31-. The Morgan fingerprint density at radius 1 is 0.338 bits per heavy atom. The van der Waals surface area contributed by atoms with Crippen molar-refractivity contribution in [2.75, 3.05) is 13.2 Å². The summed E-state index contributed by atoms with van der Waals surface area (Å²) in [7, 11) is 0. The van der Waals surface area contributed by atoms with Crippen molar-refractivity contribution < 1.29 is 28.6 Å². The first-order valence-electron chi connectivity index (χ1n) is 26.5. The highest BCUT2D eigenvalue weighted by atomic mass is 16.6. The maximum Gasteiger partial charge on any atom is 0.306 e. The van der Waals surface area contributed by atoms with Gasteiger partial charge in [-0.25, -0.2) is 0 Å². The lowest BCUT2D eigenvalue weighted by atomic mass is 10.1. The zero-order valence-electron chi connectivity index (χ0n) is 42.0. The summed E-state index contributed by atoms with van der Waals surface area (Å²) < 4.78 is 16.8. The molecule has 0 radical (unpaired) electrons. The van der Waals surface area contributed by atoms with E-state index in [0.29, 0.717) is 19.3 Å². The first-order valence-corrected chi connectivity index (χ1v) is 26.5. The van der Waals surface area contributed by atoms with Gasteiger partial charge in [0.2, 0.25) is 0 Å². The van der Waals surface area contributed by atoms with E-state index in [0.717, 1.165) is 128 Å². The fraction of sp³-hybridized carbons (Fsp3) is 0.644. The molecule has 0 aromatic heterocycles. The zero-order valence-corrected chi connectivity index (χ0v) is 42.0. The highest BCUT2D eigenvalue weighted by Crippen LogP contribution is 2.14. The minimum absolute atomic E-state index is 0.0993. The molecule has 6 heteroatoms.